The van der Waals surface area contributed by atoms with Crippen LogP contribution in [0.15, 0.2) is 18.2 Å². The number of H-pyrrole nitrogens is 1. The number of nitro groups is 1. The number of para-hydroxylation sites is 1. The van der Waals surface area contributed by atoms with E-state index in [2.05, 4.69) is 22.0 Å². The van der Waals surface area contributed by atoms with E-state index in [9.17, 15) is 14.9 Å². The van der Waals surface area contributed by atoms with Gasteiger partial charge in [-0.3, -0.25) is 20.0 Å². The Hall–Kier alpha value is -2.33. The first-order valence-electron chi connectivity index (χ1n) is 5.33. The molecule has 0 fully saturated rings. The van der Waals surface area contributed by atoms with Crippen molar-refractivity contribution in [3.63, 3.8) is 0 Å². The minimum absolute atomic E-state index is 0.000549. The summed E-state index contributed by atoms with van der Waals surface area (Å²) in [6, 6.07) is 4.70. The summed E-state index contributed by atoms with van der Waals surface area (Å²) in [5.74, 6) is 6.02. The molecule has 2 rings (SSSR count). The van der Waals surface area contributed by atoms with Crippen LogP contribution in [0.2, 0.25) is 0 Å². The lowest BCUT2D eigenvalue weighted by Crippen LogP contribution is -1.88. The number of fused-ring (bicyclic) bond motifs is 1. The van der Waals surface area contributed by atoms with E-state index >= 15 is 0 Å². The number of hydrogen-bond donors (Lipinski definition) is 1. The fraction of sp³-hybridized carbons (Fsp3) is 0.167. The zero-order valence-corrected chi connectivity index (χ0v) is 10.8. The number of carbonyl (C=O) groups is 1. The second kappa shape index (κ2) is 5.54. The van der Waals surface area contributed by atoms with E-state index < -0.39 is 4.92 Å². The Morgan fingerprint density at radius 2 is 2.37 bits per heavy atom. The molecular formula is C12H9N3O3S. The predicted octanol–water partition coefficient (Wildman–Crippen LogP) is 2.10. The lowest BCUT2D eigenvalue weighted by Gasteiger charge is -1.91. The summed E-state index contributed by atoms with van der Waals surface area (Å²) in [5, 5.41) is 18.0. The molecule has 6 nitrogen and oxygen atoms in total. The third-order valence-electron chi connectivity index (χ3n) is 2.32. The quantitative estimate of drug-likeness (QED) is 0.515. The standard InChI is InChI=1S/C12H9N3O3S/c1-8(16)19-7-3-5-10-9-4-2-6-11(15(17)18)12(9)14-13-10/h2,4,6H,7H2,1H3,(H,13,14). The molecule has 0 aliphatic rings. The van der Waals surface area contributed by atoms with E-state index in [0.717, 1.165) is 11.8 Å². The summed E-state index contributed by atoms with van der Waals surface area (Å²) in [7, 11) is 0. The van der Waals surface area contributed by atoms with Crippen LogP contribution in [0.3, 0.4) is 0 Å². The number of aromatic amines is 1. The van der Waals surface area contributed by atoms with Crippen molar-refractivity contribution >= 4 is 33.5 Å². The SMILES string of the molecule is CC(=O)SCC#Cc1[nH]nc2c([N+](=O)[O-])cccc12. The van der Waals surface area contributed by atoms with Gasteiger partial charge in [0.2, 0.25) is 0 Å². The molecule has 2 aromatic rings. The Morgan fingerprint density at radius 3 is 3.05 bits per heavy atom. The van der Waals surface area contributed by atoms with Crippen LogP contribution in [0, 0.1) is 22.0 Å². The zero-order chi connectivity index (χ0) is 13.8. The van der Waals surface area contributed by atoms with Crippen molar-refractivity contribution in [1.29, 1.82) is 0 Å². The Balaban J connectivity index is 2.33. The van der Waals surface area contributed by atoms with Crippen LogP contribution in [-0.4, -0.2) is 26.0 Å². The predicted molar refractivity (Wildman–Crippen MR) is 72.8 cm³/mol. The molecule has 0 radical (unpaired) electrons. The molecule has 1 N–H and O–H groups in total. The molecule has 0 aliphatic carbocycles. The molecule has 96 valence electrons. The van der Waals surface area contributed by atoms with E-state index in [1.165, 1.54) is 13.0 Å². The molecule has 19 heavy (non-hydrogen) atoms. The van der Waals surface area contributed by atoms with Crippen molar-refractivity contribution in [2.24, 2.45) is 0 Å². The number of hydrogen-bond acceptors (Lipinski definition) is 5. The molecule has 0 spiro atoms. The van der Waals surface area contributed by atoms with Gasteiger partial charge in [-0.25, -0.2) is 0 Å². The molecular weight excluding hydrogens is 266 g/mol. The number of nitro benzene ring substituents is 1. The van der Waals surface area contributed by atoms with Gasteiger partial charge in [-0.05, 0) is 12.0 Å². The summed E-state index contributed by atoms with van der Waals surface area (Å²) in [5.41, 5.74) is 0.749. The van der Waals surface area contributed by atoms with Crippen molar-refractivity contribution in [1.82, 2.24) is 10.2 Å². The zero-order valence-electron chi connectivity index (χ0n) is 9.97. The fourth-order valence-corrected chi connectivity index (χ4v) is 1.87. The first kappa shape index (κ1) is 13.1. The van der Waals surface area contributed by atoms with Gasteiger partial charge in [-0.15, -0.1) is 0 Å². The van der Waals surface area contributed by atoms with Gasteiger partial charge >= 0.3 is 0 Å². The number of thioether (sulfide) groups is 1. The highest BCUT2D eigenvalue weighted by Gasteiger charge is 2.15. The van der Waals surface area contributed by atoms with Crippen LogP contribution < -0.4 is 0 Å². The van der Waals surface area contributed by atoms with Gasteiger partial charge in [-0.1, -0.05) is 23.7 Å². The Morgan fingerprint density at radius 1 is 1.58 bits per heavy atom. The van der Waals surface area contributed by atoms with E-state index in [0.29, 0.717) is 16.8 Å². The monoisotopic (exact) mass is 275 g/mol. The van der Waals surface area contributed by atoms with Crippen molar-refractivity contribution < 1.29 is 9.72 Å². The average molecular weight is 275 g/mol. The van der Waals surface area contributed by atoms with Gasteiger partial charge in [0.25, 0.3) is 5.69 Å². The van der Waals surface area contributed by atoms with Gasteiger partial charge < -0.3 is 0 Å². The third kappa shape index (κ3) is 2.92. The first-order chi connectivity index (χ1) is 9.09. The fourth-order valence-electron chi connectivity index (χ4n) is 1.53. The minimum Gasteiger partial charge on any atom is -0.288 e. The molecule has 0 saturated carbocycles. The normalized spacial score (nSPS) is 9.95. The molecule has 1 aromatic heterocycles. The molecule has 1 heterocycles. The van der Waals surface area contributed by atoms with Crippen molar-refractivity contribution in [3.8, 4) is 11.8 Å². The Kier molecular flexibility index (Phi) is 3.82. The molecule has 0 aliphatic heterocycles. The second-order valence-corrected chi connectivity index (χ2v) is 4.76. The Bertz CT molecular complexity index is 712. The number of nitrogens with one attached hydrogen (secondary N) is 1. The molecule has 0 atom stereocenters. The molecule has 0 bridgehead atoms. The van der Waals surface area contributed by atoms with Gasteiger partial charge in [-0.2, -0.15) is 5.10 Å². The van der Waals surface area contributed by atoms with Crippen LogP contribution in [-0.2, 0) is 4.79 Å². The van der Waals surface area contributed by atoms with E-state index in [-0.39, 0.29) is 16.3 Å². The number of rotatable bonds is 2. The Labute approximate surface area is 112 Å². The lowest BCUT2D eigenvalue weighted by atomic mass is 10.2. The number of non-ortho nitro benzene ring substituents is 1. The van der Waals surface area contributed by atoms with E-state index in [1.54, 1.807) is 12.1 Å². The van der Waals surface area contributed by atoms with E-state index in [4.69, 9.17) is 0 Å². The van der Waals surface area contributed by atoms with E-state index in [1.807, 2.05) is 0 Å². The van der Waals surface area contributed by atoms with Crippen molar-refractivity contribution in [3.05, 3.63) is 34.0 Å². The summed E-state index contributed by atoms with van der Waals surface area (Å²) in [6.07, 6.45) is 0. The maximum atomic E-state index is 10.8. The van der Waals surface area contributed by atoms with Gasteiger partial charge in [0.05, 0.1) is 10.7 Å². The largest absolute Gasteiger partial charge is 0.297 e. The molecule has 1 aromatic carbocycles. The van der Waals surface area contributed by atoms with Crippen LogP contribution in [0.5, 0.6) is 0 Å². The average Bonchev–Trinajstić information content (AvgIpc) is 2.77. The molecule has 7 heteroatoms. The maximum Gasteiger partial charge on any atom is 0.297 e. The minimum atomic E-state index is -0.480. The van der Waals surface area contributed by atoms with Gasteiger partial charge in [0, 0.05) is 18.4 Å². The number of aromatic nitrogens is 2. The summed E-state index contributed by atoms with van der Waals surface area (Å²) in [6.45, 7) is 1.47. The topological polar surface area (TPSA) is 88.9 Å². The number of carbonyl (C=O) groups excluding carboxylic acids is 1. The first-order valence-corrected chi connectivity index (χ1v) is 6.32. The van der Waals surface area contributed by atoms with Crippen LogP contribution >= 0.6 is 11.8 Å². The number of nitrogens with zero attached hydrogens (tertiary/aromatic N) is 2. The highest BCUT2D eigenvalue weighted by Crippen LogP contribution is 2.24. The van der Waals surface area contributed by atoms with Gasteiger partial charge in [0.15, 0.2) is 10.6 Å². The highest BCUT2D eigenvalue weighted by molar-refractivity contribution is 8.13. The van der Waals surface area contributed by atoms with Crippen LogP contribution in [0.4, 0.5) is 5.69 Å². The van der Waals surface area contributed by atoms with Crippen LogP contribution in [0.1, 0.15) is 12.6 Å². The summed E-state index contributed by atoms with van der Waals surface area (Å²) < 4.78 is 0. The molecule has 0 amide bonds. The smallest absolute Gasteiger partial charge is 0.288 e. The summed E-state index contributed by atoms with van der Waals surface area (Å²) >= 11 is 1.11. The lowest BCUT2D eigenvalue weighted by molar-refractivity contribution is -0.383. The van der Waals surface area contributed by atoms with Crippen molar-refractivity contribution in [2.75, 3.05) is 5.75 Å². The van der Waals surface area contributed by atoms with Crippen molar-refractivity contribution in [2.45, 2.75) is 6.92 Å². The maximum absolute atomic E-state index is 10.8. The second-order valence-electron chi connectivity index (χ2n) is 3.61. The highest BCUT2D eigenvalue weighted by atomic mass is 32.2. The van der Waals surface area contributed by atoms with Crippen LogP contribution in [0.25, 0.3) is 10.9 Å². The third-order valence-corrected chi connectivity index (χ3v) is 3.02. The molecule has 0 unspecified atom stereocenters. The summed E-state index contributed by atoms with van der Waals surface area (Å²) in [4.78, 5) is 21.1. The van der Waals surface area contributed by atoms with Gasteiger partial charge in [0.1, 0.15) is 5.69 Å². The molecule has 0 saturated heterocycles. The number of benzene rings is 1.